The van der Waals surface area contributed by atoms with Gasteiger partial charge in [0.15, 0.2) is 0 Å². The number of carbonyl (C=O) groups is 1. The van der Waals surface area contributed by atoms with Crippen molar-refractivity contribution in [3.8, 4) is 5.75 Å². The highest BCUT2D eigenvalue weighted by molar-refractivity contribution is 5.77. The Hall–Kier alpha value is -2.15. The molecule has 0 saturated carbocycles. The highest BCUT2D eigenvalue weighted by Crippen LogP contribution is 2.19. The largest absolute Gasteiger partial charge is 0.493 e. The number of non-ortho nitro benzene ring substituents is 1. The fraction of sp³-hybridized carbons (Fsp3) is 0.417. The van der Waals surface area contributed by atoms with Crippen LogP contribution in [-0.2, 0) is 4.79 Å². The van der Waals surface area contributed by atoms with Crippen LogP contribution in [0.5, 0.6) is 5.75 Å². The summed E-state index contributed by atoms with van der Waals surface area (Å²) in [6.07, 6.45) is 0.708. The second-order valence-electron chi connectivity index (χ2n) is 4.43. The maximum absolute atomic E-state index is 10.8. The fourth-order valence-electron chi connectivity index (χ4n) is 1.42. The van der Waals surface area contributed by atoms with Gasteiger partial charge in [0, 0.05) is 6.07 Å². The van der Waals surface area contributed by atoms with Gasteiger partial charge in [0.1, 0.15) is 11.3 Å². The van der Waals surface area contributed by atoms with Crippen LogP contribution in [0.4, 0.5) is 5.69 Å². The SMILES string of the molecule is CC(N)(CCCOc1cccc([N+](=O)[O-])c1)C(=O)O. The van der Waals surface area contributed by atoms with Crippen LogP contribution in [0.2, 0.25) is 0 Å². The maximum Gasteiger partial charge on any atom is 0.323 e. The summed E-state index contributed by atoms with van der Waals surface area (Å²) >= 11 is 0. The van der Waals surface area contributed by atoms with Crippen molar-refractivity contribution in [1.29, 1.82) is 0 Å². The Bertz CT molecular complexity index is 473. The minimum absolute atomic E-state index is 0.0494. The Balaban J connectivity index is 2.44. The standard InChI is InChI=1S/C12H16N2O5/c1-12(13,11(15)16)6-3-7-19-10-5-2-4-9(8-10)14(17)18/h2,4-5,8H,3,6-7,13H2,1H3,(H,15,16). The van der Waals surface area contributed by atoms with E-state index in [-0.39, 0.29) is 18.7 Å². The topological polar surface area (TPSA) is 116 Å². The summed E-state index contributed by atoms with van der Waals surface area (Å²) in [6, 6.07) is 5.82. The lowest BCUT2D eigenvalue weighted by atomic mass is 9.98. The lowest BCUT2D eigenvalue weighted by Gasteiger charge is -2.18. The molecule has 0 radical (unpaired) electrons. The molecule has 0 aromatic heterocycles. The fourth-order valence-corrected chi connectivity index (χ4v) is 1.42. The van der Waals surface area contributed by atoms with Gasteiger partial charge in [-0.3, -0.25) is 14.9 Å². The molecular weight excluding hydrogens is 252 g/mol. The lowest BCUT2D eigenvalue weighted by molar-refractivity contribution is -0.384. The summed E-state index contributed by atoms with van der Waals surface area (Å²) < 4.78 is 5.32. The predicted molar refractivity (Wildman–Crippen MR) is 68.1 cm³/mol. The smallest absolute Gasteiger partial charge is 0.323 e. The molecule has 0 aliphatic heterocycles. The molecular formula is C12H16N2O5. The molecule has 0 heterocycles. The molecule has 3 N–H and O–H groups in total. The molecule has 104 valence electrons. The molecule has 1 unspecified atom stereocenters. The zero-order valence-electron chi connectivity index (χ0n) is 10.5. The molecule has 1 atom stereocenters. The zero-order valence-corrected chi connectivity index (χ0v) is 10.5. The van der Waals surface area contributed by atoms with Crippen molar-refractivity contribution in [1.82, 2.24) is 0 Å². The first-order valence-electron chi connectivity index (χ1n) is 5.72. The molecule has 0 bridgehead atoms. The molecule has 0 aliphatic rings. The number of rotatable bonds is 7. The van der Waals surface area contributed by atoms with E-state index in [0.29, 0.717) is 12.2 Å². The number of aliphatic carboxylic acids is 1. The van der Waals surface area contributed by atoms with E-state index < -0.39 is 16.4 Å². The Morgan fingerprint density at radius 1 is 1.58 bits per heavy atom. The first-order chi connectivity index (χ1) is 8.83. The third kappa shape index (κ3) is 4.55. The van der Waals surface area contributed by atoms with Crippen molar-refractivity contribution in [3.63, 3.8) is 0 Å². The van der Waals surface area contributed by atoms with Gasteiger partial charge in [0.05, 0.1) is 17.6 Å². The number of nitrogens with two attached hydrogens (primary N) is 1. The van der Waals surface area contributed by atoms with Crippen molar-refractivity contribution in [3.05, 3.63) is 34.4 Å². The van der Waals surface area contributed by atoms with Crippen LogP contribution in [0.3, 0.4) is 0 Å². The molecule has 0 amide bonds. The summed E-state index contributed by atoms with van der Waals surface area (Å²) in [5.74, 6) is -0.689. The van der Waals surface area contributed by atoms with E-state index in [1.54, 1.807) is 6.07 Å². The van der Waals surface area contributed by atoms with Gasteiger partial charge in [-0.25, -0.2) is 0 Å². The molecule has 0 aliphatic carbocycles. The van der Waals surface area contributed by atoms with E-state index in [9.17, 15) is 14.9 Å². The minimum atomic E-state index is -1.29. The molecule has 7 heteroatoms. The van der Waals surface area contributed by atoms with Gasteiger partial charge in [-0.2, -0.15) is 0 Å². The normalized spacial score (nSPS) is 13.6. The van der Waals surface area contributed by atoms with Crippen LogP contribution in [0.25, 0.3) is 0 Å². The van der Waals surface area contributed by atoms with Crippen molar-refractivity contribution >= 4 is 11.7 Å². The van der Waals surface area contributed by atoms with Gasteiger partial charge < -0.3 is 15.6 Å². The molecule has 0 fully saturated rings. The van der Waals surface area contributed by atoms with Gasteiger partial charge in [-0.1, -0.05) is 6.07 Å². The number of carboxylic acid groups (broad SMARTS) is 1. The van der Waals surface area contributed by atoms with Crippen molar-refractivity contribution < 1.29 is 19.6 Å². The number of nitrogens with zero attached hydrogens (tertiary/aromatic N) is 1. The summed E-state index contributed by atoms with van der Waals surface area (Å²) in [7, 11) is 0. The van der Waals surface area contributed by atoms with E-state index >= 15 is 0 Å². The highest BCUT2D eigenvalue weighted by Gasteiger charge is 2.26. The van der Waals surface area contributed by atoms with E-state index in [4.69, 9.17) is 15.6 Å². The molecule has 0 spiro atoms. The summed E-state index contributed by atoms with van der Waals surface area (Å²) in [6.45, 7) is 1.68. The van der Waals surface area contributed by atoms with Crippen molar-refractivity contribution in [2.45, 2.75) is 25.3 Å². The number of hydrogen-bond donors (Lipinski definition) is 2. The molecule has 19 heavy (non-hydrogen) atoms. The quantitative estimate of drug-likeness (QED) is 0.440. The average molecular weight is 268 g/mol. The second kappa shape index (κ2) is 6.14. The first-order valence-corrected chi connectivity index (χ1v) is 5.72. The Morgan fingerprint density at radius 3 is 2.84 bits per heavy atom. The second-order valence-corrected chi connectivity index (χ2v) is 4.43. The summed E-state index contributed by atoms with van der Waals surface area (Å²) in [5, 5.41) is 19.4. The maximum atomic E-state index is 10.8. The number of hydrogen-bond acceptors (Lipinski definition) is 5. The zero-order chi connectivity index (χ0) is 14.5. The monoisotopic (exact) mass is 268 g/mol. The Morgan fingerprint density at radius 2 is 2.26 bits per heavy atom. The molecule has 1 rings (SSSR count). The predicted octanol–water partition coefficient (Wildman–Crippen LogP) is 1.56. The molecule has 1 aromatic carbocycles. The van der Waals surface area contributed by atoms with Crippen molar-refractivity contribution in [2.75, 3.05) is 6.61 Å². The molecule has 7 nitrogen and oxygen atoms in total. The number of benzene rings is 1. The third-order valence-corrected chi connectivity index (χ3v) is 2.63. The minimum Gasteiger partial charge on any atom is -0.493 e. The van der Waals surface area contributed by atoms with E-state index in [1.807, 2.05) is 0 Å². The Labute approximate surface area is 110 Å². The van der Waals surface area contributed by atoms with Gasteiger partial charge in [0.25, 0.3) is 5.69 Å². The van der Waals surface area contributed by atoms with Gasteiger partial charge >= 0.3 is 5.97 Å². The van der Waals surface area contributed by atoms with Crippen LogP contribution in [0, 0.1) is 10.1 Å². The van der Waals surface area contributed by atoms with E-state index in [2.05, 4.69) is 0 Å². The number of nitro benzene ring substituents is 1. The highest BCUT2D eigenvalue weighted by atomic mass is 16.6. The number of nitro groups is 1. The van der Waals surface area contributed by atoms with Gasteiger partial charge in [-0.05, 0) is 25.8 Å². The third-order valence-electron chi connectivity index (χ3n) is 2.63. The Kier molecular flexibility index (Phi) is 4.82. The van der Waals surface area contributed by atoms with Crippen molar-refractivity contribution in [2.24, 2.45) is 5.73 Å². The first kappa shape index (κ1) is 14.9. The van der Waals surface area contributed by atoms with Gasteiger partial charge in [0.2, 0.25) is 0 Å². The summed E-state index contributed by atoms with van der Waals surface area (Å²) in [5.41, 5.74) is 4.22. The van der Waals surface area contributed by atoms with Crippen LogP contribution in [0.15, 0.2) is 24.3 Å². The van der Waals surface area contributed by atoms with Crippen LogP contribution < -0.4 is 10.5 Å². The van der Waals surface area contributed by atoms with Gasteiger partial charge in [-0.15, -0.1) is 0 Å². The lowest BCUT2D eigenvalue weighted by Crippen LogP contribution is -2.44. The van der Waals surface area contributed by atoms with Crippen LogP contribution in [0.1, 0.15) is 19.8 Å². The van der Waals surface area contributed by atoms with Crippen LogP contribution in [-0.4, -0.2) is 28.1 Å². The number of carboxylic acids is 1. The van der Waals surface area contributed by atoms with E-state index in [1.165, 1.54) is 25.1 Å². The molecule has 0 saturated heterocycles. The van der Waals surface area contributed by atoms with Crippen LogP contribution >= 0.6 is 0 Å². The molecule has 1 aromatic rings. The summed E-state index contributed by atoms with van der Waals surface area (Å²) in [4.78, 5) is 20.8. The van der Waals surface area contributed by atoms with E-state index in [0.717, 1.165) is 0 Å². The average Bonchev–Trinajstić information content (AvgIpc) is 2.35. The number of ether oxygens (including phenoxy) is 1.